The lowest BCUT2D eigenvalue weighted by atomic mass is 9.99. The Bertz CT molecular complexity index is 622. The number of rotatable bonds is 4. The van der Waals surface area contributed by atoms with Crippen molar-refractivity contribution in [3.63, 3.8) is 0 Å². The Balaban J connectivity index is 2.34. The van der Waals surface area contributed by atoms with Gasteiger partial charge in [-0.3, -0.25) is 11.3 Å². The van der Waals surface area contributed by atoms with Gasteiger partial charge in [0, 0.05) is 4.47 Å². The highest BCUT2D eigenvalue weighted by Gasteiger charge is 2.17. The summed E-state index contributed by atoms with van der Waals surface area (Å²) >= 11 is 15.6. The minimum absolute atomic E-state index is 0.265. The van der Waals surface area contributed by atoms with Gasteiger partial charge in [-0.1, -0.05) is 51.3 Å². The molecule has 2 aromatic carbocycles. The van der Waals surface area contributed by atoms with E-state index in [1.54, 1.807) is 18.2 Å². The summed E-state index contributed by atoms with van der Waals surface area (Å²) in [6.45, 7) is 0. The molecule has 2 rings (SSSR count). The average molecular weight is 378 g/mol. The number of hydrogen-bond acceptors (Lipinski definition) is 2. The van der Waals surface area contributed by atoms with Gasteiger partial charge in [0.15, 0.2) is 0 Å². The Morgan fingerprint density at radius 3 is 2.70 bits per heavy atom. The van der Waals surface area contributed by atoms with Gasteiger partial charge in [-0.15, -0.1) is 0 Å². The Labute approximate surface area is 135 Å². The lowest BCUT2D eigenvalue weighted by Gasteiger charge is -2.19. The molecule has 3 N–H and O–H groups in total. The van der Waals surface area contributed by atoms with Crippen molar-refractivity contribution in [2.75, 3.05) is 0 Å². The van der Waals surface area contributed by atoms with Gasteiger partial charge in [0.25, 0.3) is 0 Å². The molecular formula is C14H12BrCl2FN2. The van der Waals surface area contributed by atoms with Crippen LogP contribution in [0.3, 0.4) is 0 Å². The van der Waals surface area contributed by atoms with Crippen LogP contribution in [0.5, 0.6) is 0 Å². The Hall–Kier alpha value is -0.650. The van der Waals surface area contributed by atoms with E-state index in [2.05, 4.69) is 21.4 Å². The van der Waals surface area contributed by atoms with Crippen LogP contribution in [0.4, 0.5) is 4.39 Å². The molecule has 0 heterocycles. The third kappa shape index (κ3) is 3.51. The van der Waals surface area contributed by atoms with Crippen molar-refractivity contribution in [1.82, 2.24) is 5.43 Å². The smallest absolute Gasteiger partial charge is 0.123 e. The molecule has 2 nitrogen and oxygen atoms in total. The highest BCUT2D eigenvalue weighted by atomic mass is 79.9. The summed E-state index contributed by atoms with van der Waals surface area (Å²) in [5, 5.41) is 0.910. The second-order valence-corrected chi connectivity index (χ2v) is 5.94. The van der Waals surface area contributed by atoms with Crippen molar-refractivity contribution < 1.29 is 4.39 Å². The molecule has 20 heavy (non-hydrogen) atoms. The van der Waals surface area contributed by atoms with Crippen LogP contribution in [0.1, 0.15) is 17.2 Å². The number of nitrogens with one attached hydrogen (secondary N) is 1. The van der Waals surface area contributed by atoms with Gasteiger partial charge in [-0.2, -0.15) is 0 Å². The second-order valence-electron chi connectivity index (χ2n) is 4.30. The number of benzene rings is 2. The van der Waals surface area contributed by atoms with Crippen LogP contribution >= 0.6 is 39.1 Å². The van der Waals surface area contributed by atoms with E-state index in [-0.39, 0.29) is 11.9 Å². The molecule has 0 saturated carbocycles. The molecule has 6 heteroatoms. The van der Waals surface area contributed by atoms with Crippen molar-refractivity contribution in [2.45, 2.75) is 12.5 Å². The first-order valence-corrected chi connectivity index (χ1v) is 7.41. The Morgan fingerprint density at radius 1 is 1.25 bits per heavy atom. The van der Waals surface area contributed by atoms with E-state index >= 15 is 0 Å². The Kier molecular flexibility index (Phi) is 5.41. The summed E-state index contributed by atoms with van der Waals surface area (Å²) in [6.07, 6.45) is 0.481. The number of halogens is 4. The zero-order valence-electron chi connectivity index (χ0n) is 10.3. The van der Waals surface area contributed by atoms with Crippen molar-refractivity contribution in [2.24, 2.45) is 5.84 Å². The highest BCUT2D eigenvalue weighted by molar-refractivity contribution is 9.10. The molecule has 106 valence electrons. The van der Waals surface area contributed by atoms with Crippen molar-refractivity contribution >= 4 is 39.1 Å². The van der Waals surface area contributed by atoms with Crippen LogP contribution in [-0.2, 0) is 6.42 Å². The first kappa shape index (κ1) is 15.7. The highest BCUT2D eigenvalue weighted by Crippen LogP contribution is 2.32. The third-order valence-corrected chi connectivity index (χ3v) is 4.60. The van der Waals surface area contributed by atoms with Gasteiger partial charge in [0.1, 0.15) is 5.82 Å². The molecule has 0 fully saturated rings. The topological polar surface area (TPSA) is 38.0 Å². The second kappa shape index (κ2) is 6.87. The van der Waals surface area contributed by atoms with Crippen LogP contribution in [0.2, 0.25) is 10.0 Å². The number of hydrazine groups is 1. The Morgan fingerprint density at radius 2 is 2.00 bits per heavy atom. The average Bonchev–Trinajstić information content (AvgIpc) is 2.43. The maximum absolute atomic E-state index is 13.3. The molecule has 0 radical (unpaired) electrons. The van der Waals surface area contributed by atoms with Gasteiger partial charge in [-0.25, -0.2) is 4.39 Å². The molecule has 0 saturated heterocycles. The quantitative estimate of drug-likeness (QED) is 0.601. The molecular weight excluding hydrogens is 366 g/mol. The van der Waals surface area contributed by atoms with Crippen LogP contribution in [0.25, 0.3) is 0 Å². The van der Waals surface area contributed by atoms with Gasteiger partial charge < -0.3 is 0 Å². The zero-order valence-corrected chi connectivity index (χ0v) is 13.4. The fourth-order valence-electron chi connectivity index (χ4n) is 1.97. The minimum atomic E-state index is -0.295. The van der Waals surface area contributed by atoms with E-state index in [1.165, 1.54) is 12.1 Å². The first-order chi connectivity index (χ1) is 9.52. The van der Waals surface area contributed by atoms with E-state index < -0.39 is 0 Å². The molecule has 0 aliphatic rings. The molecule has 0 aliphatic heterocycles. The van der Waals surface area contributed by atoms with E-state index in [4.69, 9.17) is 29.0 Å². The standard InChI is InChI=1S/C14H12BrCl2FN2/c15-11-5-4-9(18)6-8(11)7-13(20-19)10-2-1-3-12(16)14(10)17/h1-6,13,20H,7,19H2. The van der Waals surface area contributed by atoms with Gasteiger partial charge in [-0.05, 0) is 41.8 Å². The maximum atomic E-state index is 13.3. The van der Waals surface area contributed by atoms with Crippen molar-refractivity contribution in [1.29, 1.82) is 0 Å². The third-order valence-electron chi connectivity index (χ3n) is 2.99. The molecule has 2 aromatic rings. The van der Waals surface area contributed by atoms with Gasteiger partial charge in [0.2, 0.25) is 0 Å². The molecule has 0 amide bonds. The fourth-order valence-corrected chi connectivity index (χ4v) is 2.82. The lowest BCUT2D eigenvalue weighted by molar-refractivity contribution is 0.548. The lowest BCUT2D eigenvalue weighted by Crippen LogP contribution is -2.30. The summed E-state index contributed by atoms with van der Waals surface area (Å²) in [5.74, 6) is 5.30. The van der Waals surface area contributed by atoms with Crippen LogP contribution in [-0.4, -0.2) is 0 Å². The molecule has 0 aromatic heterocycles. The SMILES string of the molecule is NNC(Cc1cc(F)ccc1Br)c1cccc(Cl)c1Cl. The monoisotopic (exact) mass is 376 g/mol. The predicted octanol–water partition coefficient (Wildman–Crippen LogP) is 4.64. The molecule has 1 unspecified atom stereocenters. The summed E-state index contributed by atoms with van der Waals surface area (Å²) < 4.78 is 14.1. The van der Waals surface area contributed by atoms with E-state index in [0.717, 1.165) is 15.6 Å². The van der Waals surface area contributed by atoms with Crippen LogP contribution in [0.15, 0.2) is 40.9 Å². The van der Waals surface area contributed by atoms with Gasteiger partial charge in [0.05, 0.1) is 16.1 Å². The normalized spacial score (nSPS) is 12.4. The summed E-state index contributed by atoms with van der Waals surface area (Å²) in [6, 6.07) is 9.61. The number of nitrogens with two attached hydrogens (primary N) is 1. The summed E-state index contributed by atoms with van der Waals surface area (Å²) in [5.41, 5.74) is 4.27. The van der Waals surface area contributed by atoms with Crippen LogP contribution < -0.4 is 11.3 Å². The minimum Gasteiger partial charge on any atom is -0.271 e. The number of hydrogen-bond donors (Lipinski definition) is 2. The molecule has 0 bridgehead atoms. The maximum Gasteiger partial charge on any atom is 0.123 e. The van der Waals surface area contributed by atoms with Gasteiger partial charge >= 0.3 is 0 Å². The molecule has 0 spiro atoms. The largest absolute Gasteiger partial charge is 0.271 e. The first-order valence-electron chi connectivity index (χ1n) is 5.87. The summed E-state index contributed by atoms with van der Waals surface area (Å²) in [7, 11) is 0. The van der Waals surface area contributed by atoms with Crippen molar-refractivity contribution in [3.05, 3.63) is 67.9 Å². The van der Waals surface area contributed by atoms with Crippen molar-refractivity contribution in [3.8, 4) is 0 Å². The molecule has 1 atom stereocenters. The van der Waals surface area contributed by atoms with E-state index in [0.29, 0.717) is 16.5 Å². The van der Waals surface area contributed by atoms with Crippen LogP contribution in [0, 0.1) is 5.82 Å². The summed E-state index contributed by atoms with van der Waals surface area (Å²) in [4.78, 5) is 0. The fraction of sp³-hybridized carbons (Fsp3) is 0.143. The molecule has 0 aliphatic carbocycles. The zero-order chi connectivity index (χ0) is 14.7. The van der Waals surface area contributed by atoms with E-state index in [1.807, 2.05) is 6.07 Å². The predicted molar refractivity (Wildman–Crippen MR) is 84.3 cm³/mol. The van der Waals surface area contributed by atoms with E-state index in [9.17, 15) is 4.39 Å².